The van der Waals surface area contributed by atoms with Crippen molar-refractivity contribution in [2.24, 2.45) is 0 Å². The number of para-hydroxylation sites is 1. The molecule has 1 amide bonds. The summed E-state index contributed by atoms with van der Waals surface area (Å²) < 4.78 is 27.6. The molecule has 0 aliphatic rings. The zero-order valence-electron chi connectivity index (χ0n) is 15.4. The largest absolute Gasteiger partial charge is 0.345 e. The monoisotopic (exact) mass is 395 g/mol. The Hall–Kier alpha value is -3.19. The predicted molar refractivity (Wildman–Crippen MR) is 108 cm³/mol. The van der Waals surface area contributed by atoms with Crippen LogP contribution in [0.2, 0.25) is 0 Å². The van der Waals surface area contributed by atoms with Crippen LogP contribution < -0.4 is 10.0 Å². The number of amides is 1. The van der Waals surface area contributed by atoms with E-state index in [-0.39, 0.29) is 28.2 Å². The minimum atomic E-state index is -3.90. The number of hydrogen-bond acceptors (Lipinski definition) is 4. The van der Waals surface area contributed by atoms with Crippen LogP contribution in [0.3, 0.4) is 0 Å². The van der Waals surface area contributed by atoms with E-state index in [1.54, 1.807) is 36.4 Å². The van der Waals surface area contributed by atoms with Gasteiger partial charge in [0.15, 0.2) is 5.03 Å². The molecule has 2 aromatic carbocycles. The van der Waals surface area contributed by atoms with Gasteiger partial charge in [0.05, 0.1) is 17.3 Å². The summed E-state index contributed by atoms with van der Waals surface area (Å²) in [6.45, 7) is 1.98. The number of hydrogen-bond donors (Lipinski definition) is 2. The Labute approximate surface area is 164 Å². The number of sulfonamides is 1. The van der Waals surface area contributed by atoms with Crippen LogP contribution in [0, 0.1) is 0 Å². The van der Waals surface area contributed by atoms with Crippen LogP contribution >= 0.6 is 0 Å². The molecule has 1 aromatic heterocycles. The fourth-order valence-electron chi connectivity index (χ4n) is 2.82. The Morgan fingerprint density at radius 1 is 0.964 bits per heavy atom. The summed E-state index contributed by atoms with van der Waals surface area (Å²) in [5, 5.41) is 2.87. The summed E-state index contributed by atoms with van der Waals surface area (Å²) in [7, 11) is -3.90. The fraction of sp³-hybridized carbons (Fsp3) is 0.143. The van der Waals surface area contributed by atoms with Crippen LogP contribution in [0.25, 0.3) is 0 Å². The molecular formula is C21H21N3O3S. The smallest absolute Gasteiger partial charge is 0.279 e. The van der Waals surface area contributed by atoms with Crippen LogP contribution in [0.5, 0.6) is 0 Å². The summed E-state index contributed by atoms with van der Waals surface area (Å²) in [6, 6.07) is 20.6. The molecule has 6 nitrogen and oxygen atoms in total. The van der Waals surface area contributed by atoms with Crippen molar-refractivity contribution < 1.29 is 13.2 Å². The number of anilines is 1. The first-order valence-electron chi connectivity index (χ1n) is 8.90. The Kier molecular flexibility index (Phi) is 6.06. The third kappa shape index (κ3) is 4.55. The second-order valence-corrected chi connectivity index (χ2v) is 7.79. The van der Waals surface area contributed by atoms with E-state index in [9.17, 15) is 13.2 Å². The lowest BCUT2D eigenvalue weighted by Gasteiger charge is -2.19. The maximum Gasteiger partial charge on any atom is 0.279 e. The van der Waals surface area contributed by atoms with Gasteiger partial charge in [-0.15, -0.1) is 0 Å². The van der Waals surface area contributed by atoms with Gasteiger partial charge in [0.25, 0.3) is 15.9 Å². The zero-order chi connectivity index (χ0) is 20.0. The highest BCUT2D eigenvalue weighted by Gasteiger charge is 2.21. The van der Waals surface area contributed by atoms with Gasteiger partial charge < -0.3 is 5.32 Å². The lowest BCUT2D eigenvalue weighted by atomic mass is 10.0. The number of carbonyl (C=O) groups is 1. The van der Waals surface area contributed by atoms with E-state index in [1.807, 2.05) is 37.3 Å². The van der Waals surface area contributed by atoms with Gasteiger partial charge in [-0.3, -0.25) is 9.52 Å². The molecule has 1 heterocycles. The molecule has 0 aliphatic carbocycles. The molecule has 28 heavy (non-hydrogen) atoms. The normalized spacial score (nSPS) is 12.2. The number of benzene rings is 2. The Morgan fingerprint density at radius 3 is 2.32 bits per heavy atom. The first kappa shape index (κ1) is 19.6. The molecule has 0 saturated carbocycles. The van der Waals surface area contributed by atoms with Gasteiger partial charge in [0.2, 0.25) is 0 Å². The number of nitrogens with one attached hydrogen (secondary N) is 2. The first-order valence-corrected chi connectivity index (χ1v) is 10.4. The predicted octanol–water partition coefficient (Wildman–Crippen LogP) is 3.76. The average molecular weight is 395 g/mol. The Balaban J connectivity index is 1.85. The van der Waals surface area contributed by atoms with E-state index in [2.05, 4.69) is 15.0 Å². The van der Waals surface area contributed by atoms with Crippen molar-refractivity contribution in [2.75, 3.05) is 4.72 Å². The molecule has 3 aromatic rings. The molecule has 144 valence electrons. The van der Waals surface area contributed by atoms with Gasteiger partial charge in [0.1, 0.15) is 0 Å². The van der Waals surface area contributed by atoms with Crippen LogP contribution in [0.4, 0.5) is 5.69 Å². The molecule has 0 spiro atoms. The van der Waals surface area contributed by atoms with Crippen molar-refractivity contribution in [3.8, 4) is 0 Å². The second kappa shape index (κ2) is 8.67. The molecule has 7 heteroatoms. The Morgan fingerprint density at radius 2 is 1.64 bits per heavy atom. The second-order valence-electron chi connectivity index (χ2n) is 6.16. The van der Waals surface area contributed by atoms with E-state index in [4.69, 9.17) is 0 Å². The summed E-state index contributed by atoms with van der Waals surface area (Å²) >= 11 is 0. The molecule has 0 radical (unpaired) electrons. The molecule has 0 bridgehead atoms. The molecule has 1 atom stereocenters. The lowest BCUT2D eigenvalue weighted by molar-refractivity contribution is 0.0936. The van der Waals surface area contributed by atoms with E-state index >= 15 is 0 Å². The average Bonchev–Trinajstić information content (AvgIpc) is 2.73. The minimum Gasteiger partial charge on any atom is -0.345 e. The van der Waals surface area contributed by atoms with Gasteiger partial charge in [-0.25, -0.2) is 4.98 Å². The number of carbonyl (C=O) groups excluding carboxylic acids is 1. The third-order valence-electron chi connectivity index (χ3n) is 4.24. The lowest BCUT2D eigenvalue weighted by Crippen LogP contribution is -2.29. The highest BCUT2D eigenvalue weighted by atomic mass is 32.2. The zero-order valence-corrected chi connectivity index (χ0v) is 16.2. The van der Waals surface area contributed by atoms with E-state index < -0.39 is 10.0 Å². The third-order valence-corrected chi connectivity index (χ3v) is 5.53. The van der Waals surface area contributed by atoms with Crippen LogP contribution in [-0.4, -0.2) is 19.3 Å². The first-order chi connectivity index (χ1) is 13.5. The maximum atomic E-state index is 12.9. The molecule has 1 unspecified atom stereocenters. The molecule has 2 N–H and O–H groups in total. The topological polar surface area (TPSA) is 88.2 Å². The summed E-state index contributed by atoms with van der Waals surface area (Å²) in [5.41, 5.74) is 1.44. The number of nitrogens with zero attached hydrogens (tertiary/aromatic N) is 1. The van der Waals surface area contributed by atoms with Crippen molar-refractivity contribution in [2.45, 2.75) is 24.4 Å². The molecule has 0 aliphatic heterocycles. The highest BCUT2D eigenvalue weighted by Crippen LogP contribution is 2.22. The van der Waals surface area contributed by atoms with Crippen LogP contribution in [-0.2, 0) is 10.0 Å². The van der Waals surface area contributed by atoms with Gasteiger partial charge in [0, 0.05) is 6.20 Å². The van der Waals surface area contributed by atoms with Gasteiger partial charge in [-0.2, -0.15) is 8.42 Å². The van der Waals surface area contributed by atoms with E-state index in [1.165, 1.54) is 12.3 Å². The highest BCUT2D eigenvalue weighted by molar-refractivity contribution is 7.92. The van der Waals surface area contributed by atoms with Crippen molar-refractivity contribution in [3.05, 3.63) is 90.1 Å². The fourth-order valence-corrected chi connectivity index (χ4v) is 3.85. The van der Waals surface area contributed by atoms with E-state index in [0.29, 0.717) is 6.42 Å². The number of aromatic nitrogens is 1. The molecule has 0 saturated heterocycles. The van der Waals surface area contributed by atoms with Crippen molar-refractivity contribution >= 4 is 21.6 Å². The SMILES string of the molecule is CCC(NC(=O)c1ccccc1NS(=O)(=O)c1ccccn1)c1ccccc1. The standard InChI is InChI=1S/C21H21N3O3S/c1-2-18(16-10-4-3-5-11-16)23-21(25)17-12-6-7-13-19(17)24-28(26,27)20-14-8-9-15-22-20/h3-15,18,24H,2H2,1H3,(H,23,25). The van der Waals surface area contributed by atoms with Gasteiger partial charge in [-0.1, -0.05) is 55.5 Å². The molecular weight excluding hydrogens is 374 g/mol. The van der Waals surface area contributed by atoms with Gasteiger partial charge in [-0.05, 0) is 36.2 Å². The molecule has 3 rings (SSSR count). The minimum absolute atomic E-state index is 0.110. The summed E-state index contributed by atoms with van der Waals surface area (Å²) in [6.07, 6.45) is 2.11. The molecule has 0 fully saturated rings. The number of pyridine rings is 1. The Bertz CT molecular complexity index is 1040. The van der Waals surface area contributed by atoms with Gasteiger partial charge >= 0.3 is 0 Å². The summed E-state index contributed by atoms with van der Waals surface area (Å²) in [5.74, 6) is -0.352. The van der Waals surface area contributed by atoms with E-state index in [0.717, 1.165) is 5.56 Å². The van der Waals surface area contributed by atoms with Crippen molar-refractivity contribution in [1.82, 2.24) is 10.3 Å². The van der Waals surface area contributed by atoms with Crippen LogP contribution in [0.1, 0.15) is 35.3 Å². The van der Waals surface area contributed by atoms with Crippen LogP contribution in [0.15, 0.2) is 84.0 Å². The quantitative estimate of drug-likeness (QED) is 0.637. The van der Waals surface area contributed by atoms with Crippen molar-refractivity contribution in [1.29, 1.82) is 0 Å². The number of rotatable bonds is 7. The van der Waals surface area contributed by atoms with Crippen molar-refractivity contribution in [3.63, 3.8) is 0 Å². The summed E-state index contributed by atoms with van der Waals surface area (Å²) in [4.78, 5) is 16.7. The maximum absolute atomic E-state index is 12.9.